The molecule has 188 valence electrons. The first kappa shape index (κ1) is 25.6. The van der Waals surface area contributed by atoms with E-state index < -0.39 is 20.0 Å². The summed E-state index contributed by atoms with van der Waals surface area (Å²) in [6.07, 6.45) is 3.29. The van der Waals surface area contributed by atoms with Gasteiger partial charge in [0, 0.05) is 23.7 Å². The van der Waals surface area contributed by atoms with Gasteiger partial charge in [-0.05, 0) is 47.7 Å². The number of benzene rings is 2. The molecule has 0 radical (unpaired) electrons. The number of sulfonamides is 2. The predicted octanol–water partition coefficient (Wildman–Crippen LogP) is 3.90. The molecule has 0 bridgehead atoms. The molecule has 0 spiro atoms. The van der Waals surface area contributed by atoms with E-state index in [1.54, 1.807) is 34.9 Å². The summed E-state index contributed by atoms with van der Waals surface area (Å²) in [5.74, 6) is 0.397. The minimum Gasteiger partial charge on any atom is -0.309 e. The molecule has 2 heterocycles. The van der Waals surface area contributed by atoms with Gasteiger partial charge in [0.2, 0.25) is 10.0 Å². The average molecular weight is 538 g/mol. The summed E-state index contributed by atoms with van der Waals surface area (Å²) in [7, 11) is -7.22. The van der Waals surface area contributed by atoms with Crippen LogP contribution in [0.25, 0.3) is 11.4 Å². The summed E-state index contributed by atoms with van der Waals surface area (Å²) in [6.45, 7) is 6.85. The van der Waals surface area contributed by atoms with E-state index in [-0.39, 0.29) is 22.9 Å². The van der Waals surface area contributed by atoms with E-state index in [1.165, 1.54) is 16.9 Å². The average Bonchev–Trinajstić information content (AvgIpc) is 3.43. The van der Waals surface area contributed by atoms with Crippen molar-refractivity contribution >= 4 is 37.3 Å². The normalized spacial score (nSPS) is 17.6. The molecule has 0 unspecified atom stereocenters. The van der Waals surface area contributed by atoms with Gasteiger partial charge in [-0.3, -0.25) is 4.72 Å². The lowest BCUT2D eigenvalue weighted by Gasteiger charge is -2.20. The zero-order valence-corrected chi connectivity index (χ0v) is 22.3. The Kier molecular flexibility index (Phi) is 6.73. The van der Waals surface area contributed by atoms with Gasteiger partial charge in [0.25, 0.3) is 10.0 Å². The lowest BCUT2D eigenvalue weighted by Crippen LogP contribution is -2.28. The third-order valence-electron chi connectivity index (χ3n) is 6.06. The summed E-state index contributed by atoms with van der Waals surface area (Å²) in [5.41, 5.74) is 1.66. The van der Waals surface area contributed by atoms with Gasteiger partial charge in [-0.1, -0.05) is 44.5 Å². The van der Waals surface area contributed by atoms with Crippen molar-refractivity contribution in [2.24, 2.45) is 0 Å². The molecule has 3 aromatic rings. The van der Waals surface area contributed by atoms with Crippen LogP contribution in [0, 0.1) is 0 Å². The summed E-state index contributed by atoms with van der Waals surface area (Å²) < 4.78 is 56.2. The topological polar surface area (TPSA) is 114 Å². The highest BCUT2D eigenvalue weighted by Crippen LogP contribution is 2.35. The molecule has 35 heavy (non-hydrogen) atoms. The van der Waals surface area contributed by atoms with E-state index in [4.69, 9.17) is 11.6 Å². The molecule has 1 atom stereocenters. The molecule has 0 amide bonds. The molecule has 0 saturated carbocycles. The van der Waals surface area contributed by atoms with E-state index in [2.05, 4.69) is 35.7 Å². The molecular weight excluding hydrogens is 510 g/mol. The monoisotopic (exact) mass is 537 g/mol. The van der Waals surface area contributed by atoms with Gasteiger partial charge in [0.05, 0.1) is 22.9 Å². The van der Waals surface area contributed by atoms with E-state index in [1.807, 2.05) is 12.1 Å². The smallest absolute Gasteiger partial charge is 0.261 e. The summed E-state index contributed by atoms with van der Waals surface area (Å²) in [6, 6.07) is 11.4. The van der Waals surface area contributed by atoms with Crippen molar-refractivity contribution in [3.8, 4) is 11.4 Å². The van der Waals surface area contributed by atoms with Crippen molar-refractivity contribution in [1.82, 2.24) is 19.1 Å². The van der Waals surface area contributed by atoms with Crippen molar-refractivity contribution in [3.05, 3.63) is 59.4 Å². The van der Waals surface area contributed by atoms with Gasteiger partial charge in [-0.25, -0.2) is 21.1 Å². The van der Waals surface area contributed by atoms with Crippen LogP contribution < -0.4 is 4.72 Å². The first-order chi connectivity index (χ1) is 16.3. The first-order valence-electron chi connectivity index (χ1n) is 11.0. The van der Waals surface area contributed by atoms with Crippen LogP contribution in [0.1, 0.15) is 38.8 Å². The van der Waals surface area contributed by atoms with E-state index >= 15 is 0 Å². The second-order valence-corrected chi connectivity index (χ2v) is 13.8. The number of nitrogens with zero attached hydrogens (tertiary/aromatic N) is 4. The van der Waals surface area contributed by atoms with Crippen molar-refractivity contribution in [3.63, 3.8) is 0 Å². The summed E-state index contributed by atoms with van der Waals surface area (Å²) >= 11 is 6.25. The Labute approximate surface area is 211 Å². The van der Waals surface area contributed by atoms with Crippen LogP contribution in [0.4, 0.5) is 5.69 Å². The molecule has 1 aromatic heterocycles. The highest BCUT2D eigenvalue weighted by atomic mass is 35.5. The molecule has 1 fully saturated rings. The number of aromatic nitrogens is 3. The Morgan fingerprint density at radius 2 is 1.74 bits per heavy atom. The molecule has 9 nitrogen and oxygen atoms in total. The highest BCUT2D eigenvalue weighted by molar-refractivity contribution is 7.92. The molecule has 2 aromatic carbocycles. The first-order valence-corrected chi connectivity index (χ1v) is 14.7. The van der Waals surface area contributed by atoms with E-state index in [0.717, 1.165) is 5.56 Å². The molecule has 1 aliphatic rings. The summed E-state index contributed by atoms with van der Waals surface area (Å²) in [4.78, 5) is 0.132. The van der Waals surface area contributed by atoms with Gasteiger partial charge in [-0.2, -0.15) is 0 Å². The van der Waals surface area contributed by atoms with Crippen LogP contribution in [0.5, 0.6) is 0 Å². The Hall–Kier alpha value is -2.47. The Morgan fingerprint density at radius 3 is 2.34 bits per heavy atom. The maximum Gasteiger partial charge on any atom is 0.261 e. The maximum atomic E-state index is 13.2. The number of hydrogen-bond donors (Lipinski definition) is 1. The zero-order valence-electron chi connectivity index (χ0n) is 19.9. The molecule has 0 aliphatic carbocycles. The fraction of sp³-hybridized carbons (Fsp3) is 0.391. The molecule has 1 saturated heterocycles. The summed E-state index contributed by atoms with van der Waals surface area (Å²) in [5, 5.41) is 8.63. The molecule has 4 rings (SSSR count). The lowest BCUT2D eigenvalue weighted by atomic mass is 9.87. The van der Waals surface area contributed by atoms with Gasteiger partial charge in [0.1, 0.15) is 6.33 Å². The second kappa shape index (κ2) is 9.20. The van der Waals surface area contributed by atoms with Gasteiger partial charge >= 0.3 is 0 Å². The van der Waals surface area contributed by atoms with Crippen molar-refractivity contribution in [2.45, 2.75) is 43.5 Å². The third-order valence-corrected chi connectivity index (χ3v) is 8.95. The largest absolute Gasteiger partial charge is 0.309 e. The standard InChI is InChI=1S/C23H28ClN5O4S2/c1-23(2,3)16-5-8-19(9-6-16)35(32,33)27-21-10-7-17(24)13-20(21)22-26-25-15-29(22)18-11-12-28(14-18)34(4,30)31/h5-10,13,15,18,27H,11-12,14H2,1-4H3/t18-/m0/s1. The highest BCUT2D eigenvalue weighted by Gasteiger charge is 2.31. The van der Waals surface area contributed by atoms with Crippen LogP contribution in [-0.2, 0) is 25.5 Å². The van der Waals surface area contributed by atoms with E-state index in [0.29, 0.717) is 35.1 Å². The predicted molar refractivity (Wildman–Crippen MR) is 136 cm³/mol. The van der Waals surface area contributed by atoms with E-state index in [9.17, 15) is 16.8 Å². The zero-order chi connectivity index (χ0) is 25.6. The minimum atomic E-state index is -3.90. The lowest BCUT2D eigenvalue weighted by molar-refractivity contribution is 0.457. The van der Waals surface area contributed by atoms with Crippen molar-refractivity contribution in [1.29, 1.82) is 0 Å². The van der Waals surface area contributed by atoms with Gasteiger partial charge < -0.3 is 4.57 Å². The maximum absolute atomic E-state index is 13.2. The van der Waals surface area contributed by atoms with Crippen LogP contribution in [0.2, 0.25) is 5.02 Å². The quantitative estimate of drug-likeness (QED) is 0.510. The van der Waals surface area contributed by atoms with Crippen molar-refractivity contribution in [2.75, 3.05) is 24.1 Å². The number of hydrogen-bond acceptors (Lipinski definition) is 6. The van der Waals surface area contributed by atoms with Gasteiger partial charge in [-0.15, -0.1) is 10.2 Å². The Balaban J connectivity index is 1.67. The van der Waals surface area contributed by atoms with Crippen molar-refractivity contribution < 1.29 is 16.8 Å². The van der Waals surface area contributed by atoms with Crippen LogP contribution in [0.3, 0.4) is 0 Å². The third kappa shape index (κ3) is 5.53. The SMILES string of the molecule is CC(C)(C)c1ccc(S(=O)(=O)Nc2ccc(Cl)cc2-c2nncn2[C@H]2CCN(S(C)(=O)=O)C2)cc1. The molecule has 12 heteroatoms. The number of nitrogens with one attached hydrogen (secondary N) is 1. The minimum absolute atomic E-state index is 0.101. The van der Waals surface area contributed by atoms with Crippen LogP contribution in [-0.4, -0.2) is 55.3 Å². The molecule has 1 aliphatic heterocycles. The fourth-order valence-corrected chi connectivity index (χ4v) is 6.20. The molecular formula is C23H28ClN5O4S2. The fourth-order valence-electron chi connectivity index (χ4n) is 4.07. The Bertz CT molecular complexity index is 1450. The molecule has 1 N–H and O–H groups in total. The van der Waals surface area contributed by atoms with Crippen LogP contribution in [0.15, 0.2) is 53.7 Å². The van der Waals surface area contributed by atoms with Gasteiger partial charge in [0.15, 0.2) is 5.82 Å². The second-order valence-electron chi connectivity index (χ2n) is 9.70. The number of anilines is 1. The Morgan fingerprint density at radius 1 is 1.06 bits per heavy atom. The van der Waals surface area contributed by atoms with Crippen LogP contribution >= 0.6 is 11.6 Å². The number of rotatable bonds is 6. The number of halogens is 1.